The van der Waals surface area contributed by atoms with E-state index in [2.05, 4.69) is 20.9 Å². The second kappa shape index (κ2) is 5.58. The molecule has 4 nitrogen and oxygen atoms in total. The van der Waals surface area contributed by atoms with E-state index in [1.807, 2.05) is 36.4 Å². The van der Waals surface area contributed by atoms with Crippen molar-refractivity contribution in [2.24, 2.45) is 0 Å². The first-order valence-corrected chi connectivity index (χ1v) is 8.39. The van der Waals surface area contributed by atoms with Crippen LogP contribution in [-0.2, 0) is 6.61 Å². The fourth-order valence-electron chi connectivity index (χ4n) is 2.87. The summed E-state index contributed by atoms with van der Waals surface area (Å²) >= 11 is 3.42. The average molecular weight is 371 g/mol. The molecule has 2 aromatic heterocycles. The van der Waals surface area contributed by atoms with E-state index in [-0.39, 0.29) is 12.2 Å². The smallest absolute Gasteiger partial charge is 0.264 e. The van der Waals surface area contributed by atoms with Gasteiger partial charge in [-0.2, -0.15) is 0 Å². The molecule has 1 fully saturated rings. The Labute approximate surface area is 141 Å². The number of rotatable bonds is 3. The van der Waals surface area contributed by atoms with Gasteiger partial charge in [-0.15, -0.1) is 0 Å². The number of aliphatic hydroxyl groups excluding tert-OH is 1. The van der Waals surface area contributed by atoms with E-state index in [1.54, 1.807) is 10.8 Å². The number of benzene rings is 1. The van der Waals surface area contributed by atoms with Crippen molar-refractivity contribution >= 4 is 26.8 Å². The zero-order chi connectivity index (χ0) is 16.0. The van der Waals surface area contributed by atoms with Gasteiger partial charge in [0.1, 0.15) is 0 Å². The lowest BCUT2D eigenvalue weighted by molar-refractivity contribution is 0.280. The molecule has 23 heavy (non-hydrogen) atoms. The number of nitrogens with zero attached hydrogens (tertiary/aromatic N) is 2. The molecule has 5 heteroatoms. The van der Waals surface area contributed by atoms with Crippen LogP contribution < -0.4 is 5.56 Å². The number of halogens is 1. The number of hydrogen-bond acceptors (Lipinski definition) is 3. The first-order valence-electron chi connectivity index (χ1n) is 7.60. The molecule has 1 aliphatic carbocycles. The molecule has 0 spiro atoms. The van der Waals surface area contributed by atoms with Crippen LogP contribution in [0.1, 0.15) is 30.0 Å². The predicted octanol–water partition coefficient (Wildman–Crippen LogP) is 3.52. The third kappa shape index (κ3) is 2.50. The minimum Gasteiger partial charge on any atom is -0.392 e. The Morgan fingerprint density at radius 3 is 2.78 bits per heavy atom. The molecular formula is C18H15BrN2O2. The van der Waals surface area contributed by atoms with E-state index in [4.69, 9.17) is 0 Å². The van der Waals surface area contributed by atoms with Gasteiger partial charge in [0.15, 0.2) is 0 Å². The van der Waals surface area contributed by atoms with Crippen molar-refractivity contribution in [3.8, 4) is 5.69 Å². The maximum atomic E-state index is 12.8. The van der Waals surface area contributed by atoms with Gasteiger partial charge in [0.2, 0.25) is 0 Å². The number of aliphatic hydroxyl groups is 1. The largest absolute Gasteiger partial charge is 0.392 e. The Kier molecular flexibility index (Phi) is 3.54. The molecule has 0 bridgehead atoms. The van der Waals surface area contributed by atoms with Crippen LogP contribution in [0.2, 0.25) is 0 Å². The van der Waals surface area contributed by atoms with Gasteiger partial charge in [-0.05, 0) is 43.2 Å². The summed E-state index contributed by atoms with van der Waals surface area (Å²) in [5, 5.41) is 10.2. The normalized spacial score (nSPS) is 14.3. The second-order valence-corrected chi connectivity index (χ2v) is 6.68. The van der Waals surface area contributed by atoms with Crippen LogP contribution in [0.15, 0.2) is 51.9 Å². The SMILES string of the molecule is O=c1c2ccc(C3CC3)nc2ccn1-c1cccc(Br)c1CO. The summed E-state index contributed by atoms with van der Waals surface area (Å²) in [6, 6.07) is 11.2. The topological polar surface area (TPSA) is 55.1 Å². The lowest BCUT2D eigenvalue weighted by Crippen LogP contribution is -2.19. The van der Waals surface area contributed by atoms with Crippen molar-refractivity contribution in [3.63, 3.8) is 0 Å². The molecule has 0 aliphatic heterocycles. The molecular weight excluding hydrogens is 356 g/mol. The van der Waals surface area contributed by atoms with E-state index in [0.29, 0.717) is 22.6 Å². The van der Waals surface area contributed by atoms with E-state index < -0.39 is 0 Å². The molecule has 0 saturated heterocycles. The highest BCUT2D eigenvalue weighted by molar-refractivity contribution is 9.10. The monoisotopic (exact) mass is 370 g/mol. The van der Waals surface area contributed by atoms with E-state index in [0.717, 1.165) is 15.7 Å². The quantitative estimate of drug-likeness (QED) is 0.767. The molecule has 0 unspecified atom stereocenters. The Morgan fingerprint density at radius 1 is 1.22 bits per heavy atom. The van der Waals surface area contributed by atoms with Crippen LogP contribution >= 0.6 is 15.9 Å². The first kappa shape index (κ1) is 14.6. The van der Waals surface area contributed by atoms with Crippen molar-refractivity contribution in [3.05, 3.63) is 68.7 Å². The molecule has 1 aromatic carbocycles. The van der Waals surface area contributed by atoms with E-state index in [1.165, 1.54) is 12.8 Å². The van der Waals surface area contributed by atoms with Crippen molar-refractivity contribution in [2.45, 2.75) is 25.4 Å². The Balaban J connectivity index is 1.92. The molecule has 0 radical (unpaired) electrons. The summed E-state index contributed by atoms with van der Waals surface area (Å²) in [4.78, 5) is 17.5. The number of aromatic nitrogens is 2. The highest BCUT2D eigenvalue weighted by Gasteiger charge is 2.25. The van der Waals surface area contributed by atoms with Gasteiger partial charge in [0.05, 0.1) is 23.2 Å². The molecule has 0 atom stereocenters. The van der Waals surface area contributed by atoms with Crippen molar-refractivity contribution in [1.82, 2.24) is 9.55 Å². The maximum absolute atomic E-state index is 12.8. The number of hydrogen-bond donors (Lipinski definition) is 1. The molecule has 4 rings (SSSR count). The highest BCUT2D eigenvalue weighted by Crippen LogP contribution is 2.39. The molecule has 1 aliphatic rings. The van der Waals surface area contributed by atoms with Gasteiger partial charge < -0.3 is 5.11 Å². The molecule has 1 N–H and O–H groups in total. The highest BCUT2D eigenvalue weighted by atomic mass is 79.9. The minimum atomic E-state index is -0.139. The van der Waals surface area contributed by atoms with Gasteiger partial charge >= 0.3 is 0 Å². The van der Waals surface area contributed by atoms with Gasteiger partial charge in [0, 0.05) is 27.8 Å². The van der Waals surface area contributed by atoms with Crippen LogP contribution in [0.25, 0.3) is 16.6 Å². The Hall–Kier alpha value is -1.98. The Morgan fingerprint density at radius 2 is 2.04 bits per heavy atom. The summed E-state index contributed by atoms with van der Waals surface area (Å²) in [6.07, 6.45) is 4.11. The Bertz CT molecular complexity index is 961. The number of fused-ring (bicyclic) bond motifs is 1. The average Bonchev–Trinajstić information content (AvgIpc) is 3.40. The fraction of sp³-hybridized carbons (Fsp3) is 0.222. The van der Waals surface area contributed by atoms with Crippen LogP contribution in [0.3, 0.4) is 0 Å². The summed E-state index contributed by atoms with van der Waals surface area (Å²) in [7, 11) is 0. The molecule has 3 aromatic rings. The van der Waals surface area contributed by atoms with Crippen molar-refractivity contribution in [2.75, 3.05) is 0 Å². The van der Waals surface area contributed by atoms with Crippen molar-refractivity contribution in [1.29, 1.82) is 0 Å². The zero-order valence-electron chi connectivity index (χ0n) is 12.4. The third-order valence-corrected chi connectivity index (χ3v) is 5.03. The van der Waals surface area contributed by atoms with Gasteiger partial charge in [-0.3, -0.25) is 14.3 Å². The summed E-state index contributed by atoms with van der Waals surface area (Å²) in [6.45, 7) is -0.139. The van der Waals surface area contributed by atoms with Crippen LogP contribution in [-0.4, -0.2) is 14.7 Å². The summed E-state index contributed by atoms with van der Waals surface area (Å²) < 4.78 is 2.35. The molecule has 116 valence electrons. The molecule has 2 heterocycles. The summed E-state index contributed by atoms with van der Waals surface area (Å²) in [5.41, 5.74) is 3.06. The van der Waals surface area contributed by atoms with E-state index in [9.17, 15) is 9.90 Å². The molecule has 0 amide bonds. The number of pyridine rings is 2. The predicted molar refractivity (Wildman–Crippen MR) is 92.9 cm³/mol. The minimum absolute atomic E-state index is 0.120. The second-order valence-electron chi connectivity index (χ2n) is 5.83. The van der Waals surface area contributed by atoms with Crippen molar-refractivity contribution < 1.29 is 5.11 Å². The zero-order valence-corrected chi connectivity index (χ0v) is 14.0. The van der Waals surface area contributed by atoms with Gasteiger partial charge in [-0.25, -0.2) is 0 Å². The van der Waals surface area contributed by atoms with E-state index >= 15 is 0 Å². The van der Waals surface area contributed by atoms with Gasteiger partial charge in [-0.1, -0.05) is 22.0 Å². The fourth-order valence-corrected chi connectivity index (χ4v) is 3.35. The summed E-state index contributed by atoms with van der Waals surface area (Å²) in [5.74, 6) is 0.563. The first-order chi connectivity index (χ1) is 11.2. The molecule has 1 saturated carbocycles. The van der Waals surface area contributed by atoms with Crippen LogP contribution in [0, 0.1) is 0 Å². The van der Waals surface area contributed by atoms with Gasteiger partial charge in [0.25, 0.3) is 5.56 Å². The maximum Gasteiger partial charge on any atom is 0.264 e. The lowest BCUT2D eigenvalue weighted by Gasteiger charge is -2.12. The lowest BCUT2D eigenvalue weighted by atomic mass is 10.1. The standard InChI is InChI=1S/C18H15BrN2O2/c19-14-2-1-3-17(13(14)10-22)21-9-8-16-12(18(21)23)6-7-15(20-16)11-4-5-11/h1-3,6-9,11,22H,4-5,10H2. The third-order valence-electron chi connectivity index (χ3n) is 4.28. The van der Waals surface area contributed by atoms with Crippen LogP contribution in [0.4, 0.5) is 0 Å². The van der Waals surface area contributed by atoms with Crippen LogP contribution in [0.5, 0.6) is 0 Å².